The number of benzene rings is 1. The van der Waals surface area contributed by atoms with Gasteiger partial charge in [0.1, 0.15) is 5.69 Å². The highest BCUT2D eigenvalue weighted by molar-refractivity contribution is 9.10. The summed E-state index contributed by atoms with van der Waals surface area (Å²) in [6.45, 7) is 0. The first-order valence-corrected chi connectivity index (χ1v) is 4.90. The summed E-state index contributed by atoms with van der Waals surface area (Å²) < 4.78 is 37.8. The minimum atomic E-state index is -4.39. The first-order chi connectivity index (χ1) is 6.98. The largest absolute Gasteiger partial charge is 0.433 e. The lowest BCUT2D eigenvalue weighted by molar-refractivity contribution is -0.140. The monoisotopic (exact) mass is 275 g/mol. The number of alkyl halides is 3. The lowest BCUT2D eigenvalue weighted by Gasteiger charge is -2.07. The Hall–Kier alpha value is -1.10. The van der Waals surface area contributed by atoms with Gasteiger partial charge in [-0.1, -0.05) is 22.0 Å². The molecule has 0 aliphatic carbocycles. The standard InChI is InChI=1S/C10H5BrF3N/c11-7-2-1-3-8-6(7)4-5-9(15-8)10(12,13)14/h1-5H. The molecule has 1 heterocycles. The Labute approximate surface area is 92.1 Å². The highest BCUT2D eigenvalue weighted by atomic mass is 79.9. The smallest absolute Gasteiger partial charge is 0.243 e. The summed E-state index contributed by atoms with van der Waals surface area (Å²) in [6, 6.07) is 7.36. The van der Waals surface area contributed by atoms with Gasteiger partial charge in [-0.25, -0.2) is 4.98 Å². The normalized spacial score (nSPS) is 12.0. The van der Waals surface area contributed by atoms with Crippen LogP contribution in [0.25, 0.3) is 10.9 Å². The number of hydrogen-bond acceptors (Lipinski definition) is 1. The minimum Gasteiger partial charge on any atom is -0.243 e. The molecule has 2 aromatic rings. The fraction of sp³-hybridized carbons (Fsp3) is 0.100. The number of fused-ring (bicyclic) bond motifs is 1. The van der Waals surface area contributed by atoms with Crippen molar-refractivity contribution in [2.24, 2.45) is 0 Å². The van der Waals surface area contributed by atoms with Crippen LogP contribution in [0, 0.1) is 0 Å². The molecule has 0 fully saturated rings. The van der Waals surface area contributed by atoms with Crippen molar-refractivity contribution < 1.29 is 13.2 Å². The number of halogens is 4. The Morgan fingerprint density at radius 2 is 1.80 bits per heavy atom. The average Bonchev–Trinajstić information content (AvgIpc) is 2.16. The van der Waals surface area contributed by atoms with E-state index in [1.54, 1.807) is 18.2 Å². The Morgan fingerprint density at radius 1 is 1.07 bits per heavy atom. The van der Waals surface area contributed by atoms with Crippen molar-refractivity contribution in [3.05, 3.63) is 40.5 Å². The third-order valence-electron chi connectivity index (χ3n) is 1.97. The second-order valence-electron chi connectivity index (χ2n) is 3.00. The molecule has 0 aliphatic rings. The summed E-state index contributed by atoms with van der Waals surface area (Å²) in [7, 11) is 0. The van der Waals surface area contributed by atoms with E-state index in [0.717, 1.165) is 10.5 Å². The Bertz CT molecular complexity index is 507. The molecule has 0 N–H and O–H groups in total. The van der Waals surface area contributed by atoms with Crippen molar-refractivity contribution >= 4 is 26.8 Å². The van der Waals surface area contributed by atoms with Crippen LogP contribution in [0.2, 0.25) is 0 Å². The molecule has 0 atom stereocenters. The second-order valence-corrected chi connectivity index (χ2v) is 3.86. The van der Waals surface area contributed by atoms with Crippen molar-refractivity contribution in [2.75, 3.05) is 0 Å². The van der Waals surface area contributed by atoms with Gasteiger partial charge in [-0.15, -0.1) is 0 Å². The van der Waals surface area contributed by atoms with Crippen LogP contribution in [0.1, 0.15) is 5.69 Å². The lowest BCUT2D eigenvalue weighted by Crippen LogP contribution is -2.07. The van der Waals surface area contributed by atoms with Gasteiger partial charge in [0.25, 0.3) is 0 Å². The van der Waals surface area contributed by atoms with E-state index < -0.39 is 11.9 Å². The van der Waals surface area contributed by atoms with E-state index in [2.05, 4.69) is 20.9 Å². The second kappa shape index (κ2) is 3.48. The molecule has 5 heteroatoms. The number of pyridine rings is 1. The highest BCUT2D eigenvalue weighted by Crippen LogP contribution is 2.30. The van der Waals surface area contributed by atoms with Crippen LogP contribution < -0.4 is 0 Å². The van der Waals surface area contributed by atoms with Crippen molar-refractivity contribution in [3.63, 3.8) is 0 Å². The van der Waals surface area contributed by atoms with Gasteiger partial charge in [-0.05, 0) is 24.3 Å². The molecule has 0 spiro atoms. The Kier molecular flexibility index (Phi) is 2.42. The molecule has 0 bridgehead atoms. The van der Waals surface area contributed by atoms with Crippen molar-refractivity contribution in [3.8, 4) is 0 Å². The third-order valence-corrected chi connectivity index (χ3v) is 2.66. The molecule has 0 saturated carbocycles. The number of rotatable bonds is 0. The fourth-order valence-electron chi connectivity index (χ4n) is 1.28. The van der Waals surface area contributed by atoms with Gasteiger partial charge in [-0.2, -0.15) is 13.2 Å². The fourth-order valence-corrected chi connectivity index (χ4v) is 1.76. The maximum absolute atomic E-state index is 12.3. The predicted molar refractivity (Wildman–Crippen MR) is 54.4 cm³/mol. The first kappa shape index (κ1) is 10.4. The van der Waals surface area contributed by atoms with Crippen LogP contribution in [0.15, 0.2) is 34.8 Å². The van der Waals surface area contributed by atoms with Gasteiger partial charge < -0.3 is 0 Å². The van der Waals surface area contributed by atoms with Gasteiger partial charge in [0, 0.05) is 9.86 Å². The van der Waals surface area contributed by atoms with Gasteiger partial charge in [0.2, 0.25) is 0 Å². The lowest BCUT2D eigenvalue weighted by atomic mass is 10.2. The summed E-state index contributed by atoms with van der Waals surface area (Å²) in [6.07, 6.45) is -4.39. The molecule has 1 aromatic carbocycles. The Morgan fingerprint density at radius 3 is 2.47 bits per heavy atom. The molecule has 0 radical (unpaired) electrons. The molecular weight excluding hydrogens is 271 g/mol. The number of aromatic nitrogens is 1. The molecule has 0 amide bonds. The zero-order chi connectivity index (χ0) is 11.1. The van der Waals surface area contributed by atoms with Crippen LogP contribution in [-0.4, -0.2) is 4.98 Å². The third kappa shape index (κ3) is 1.97. The van der Waals surface area contributed by atoms with Crippen LogP contribution in [-0.2, 0) is 6.18 Å². The van der Waals surface area contributed by atoms with Crippen LogP contribution in [0.5, 0.6) is 0 Å². The first-order valence-electron chi connectivity index (χ1n) is 4.11. The highest BCUT2D eigenvalue weighted by Gasteiger charge is 2.32. The number of hydrogen-bond donors (Lipinski definition) is 0. The molecule has 0 unspecified atom stereocenters. The minimum absolute atomic E-state index is 0.333. The number of nitrogens with zero attached hydrogens (tertiary/aromatic N) is 1. The summed E-state index contributed by atoms with van der Waals surface area (Å²) in [4.78, 5) is 3.55. The van der Waals surface area contributed by atoms with Crippen molar-refractivity contribution in [1.82, 2.24) is 4.98 Å². The molecule has 0 saturated heterocycles. The molecule has 1 nitrogen and oxygen atoms in total. The van der Waals surface area contributed by atoms with E-state index in [1.807, 2.05) is 0 Å². The van der Waals surface area contributed by atoms with Gasteiger partial charge in [0.15, 0.2) is 0 Å². The summed E-state index contributed by atoms with van der Waals surface area (Å²) >= 11 is 3.25. The van der Waals surface area contributed by atoms with E-state index in [-0.39, 0.29) is 0 Å². The average molecular weight is 276 g/mol. The summed E-state index contributed by atoms with van der Waals surface area (Å²) in [5.41, 5.74) is -0.535. The summed E-state index contributed by atoms with van der Waals surface area (Å²) in [5.74, 6) is 0. The summed E-state index contributed by atoms with van der Waals surface area (Å²) in [5, 5.41) is 0.672. The zero-order valence-electron chi connectivity index (χ0n) is 7.35. The van der Waals surface area contributed by atoms with Gasteiger partial charge in [0.05, 0.1) is 5.52 Å². The SMILES string of the molecule is FC(F)(F)c1ccc2c(Br)cccc2n1. The molecule has 1 aromatic heterocycles. The molecule has 78 valence electrons. The molecule has 0 aliphatic heterocycles. The maximum atomic E-state index is 12.3. The maximum Gasteiger partial charge on any atom is 0.433 e. The zero-order valence-corrected chi connectivity index (χ0v) is 8.93. The van der Waals surface area contributed by atoms with Gasteiger partial charge >= 0.3 is 6.18 Å². The predicted octanol–water partition coefficient (Wildman–Crippen LogP) is 4.02. The van der Waals surface area contributed by atoms with E-state index >= 15 is 0 Å². The van der Waals surface area contributed by atoms with Crippen LogP contribution in [0.3, 0.4) is 0 Å². The Balaban J connectivity index is 2.68. The van der Waals surface area contributed by atoms with Gasteiger partial charge in [-0.3, -0.25) is 0 Å². The van der Waals surface area contributed by atoms with Crippen LogP contribution in [0.4, 0.5) is 13.2 Å². The topological polar surface area (TPSA) is 12.9 Å². The quantitative estimate of drug-likeness (QED) is 0.708. The van der Waals surface area contributed by atoms with E-state index in [1.165, 1.54) is 6.07 Å². The van der Waals surface area contributed by atoms with E-state index in [0.29, 0.717) is 10.9 Å². The molecule has 15 heavy (non-hydrogen) atoms. The van der Waals surface area contributed by atoms with E-state index in [4.69, 9.17) is 0 Å². The van der Waals surface area contributed by atoms with Crippen LogP contribution >= 0.6 is 15.9 Å². The van der Waals surface area contributed by atoms with Crippen molar-refractivity contribution in [2.45, 2.75) is 6.18 Å². The molecule has 2 rings (SSSR count). The van der Waals surface area contributed by atoms with E-state index in [9.17, 15) is 13.2 Å². The molecular formula is C10H5BrF3N. The van der Waals surface area contributed by atoms with Crippen molar-refractivity contribution in [1.29, 1.82) is 0 Å².